The Morgan fingerprint density at radius 3 is 2.85 bits per heavy atom. The fourth-order valence-corrected chi connectivity index (χ4v) is 4.10. The SMILES string of the molecule is Cn1nc(-c2ccccc2)c2c1CCN(CC(=O)NCC1CCCO1)CC2. The van der Waals surface area contributed by atoms with Crippen LogP contribution in [0.25, 0.3) is 11.3 Å². The average molecular weight is 368 g/mol. The van der Waals surface area contributed by atoms with E-state index in [0.717, 1.165) is 56.6 Å². The number of nitrogens with zero attached hydrogens (tertiary/aromatic N) is 3. The zero-order valence-electron chi connectivity index (χ0n) is 16.0. The Labute approximate surface area is 160 Å². The molecule has 6 heteroatoms. The van der Waals surface area contributed by atoms with Crippen LogP contribution >= 0.6 is 0 Å². The van der Waals surface area contributed by atoms with Crippen LogP contribution in [0.4, 0.5) is 0 Å². The lowest BCUT2D eigenvalue weighted by molar-refractivity contribution is -0.122. The lowest BCUT2D eigenvalue weighted by Crippen LogP contribution is -2.41. The minimum absolute atomic E-state index is 0.0952. The standard InChI is InChI=1S/C21H28N4O2/c1-24-19-10-12-25(15-20(26)22-14-17-8-5-13-27-17)11-9-18(19)21(23-24)16-6-3-2-4-7-16/h2-4,6-7,17H,5,8-15H2,1H3,(H,22,26). The molecule has 4 rings (SSSR count). The molecule has 1 fully saturated rings. The van der Waals surface area contributed by atoms with Gasteiger partial charge >= 0.3 is 0 Å². The minimum atomic E-state index is 0.0952. The third kappa shape index (κ3) is 4.22. The number of fused-ring (bicyclic) bond motifs is 1. The normalized spacial score (nSPS) is 20.3. The molecule has 1 amide bonds. The second-order valence-corrected chi connectivity index (χ2v) is 7.48. The van der Waals surface area contributed by atoms with Crippen molar-refractivity contribution >= 4 is 5.91 Å². The minimum Gasteiger partial charge on any atom is -0.376 e. The van der Waals surface area contributed by atoms with Crippen LogP contribution in [0.15, 0.2) is 30.3 Å². The highest BCUT2D eigenvalue weighted by molar-refractivity contribution is 5.78. The fourth-order valence-electron chi connectivity index (χ4n) is 4.10. The number of hydrogen-bond donors (Lipinski definition) is 1. The van der Waals surface area contributed by atoms with Gasteiger partial charge in [0.25, 0.3) is 0 Å². The van der Waals surface area contributed by atoms with Crippen molar-refractivity contribution in [2.45, 2.75) is 31.8 Å². The Kier molecular flexibility index (Phi) is 5.55. The molecule has 144 valence electrons. The topological polar surface area (TPSA) is 59.4 Å². The highest BCUT2D eigenvalue weighted by atomic mass is 16.5. The Morgan fingerprint density at radius 2 is 2.07 bits per heavy atom. The highest BCUT2D eigenvalue weighted by Crippen LogP contribution is 2.27. The molecule has 0 radical (unpaired) electrons. The second-order valence-electron chi connectivity index (χ2n) is 7.48. The molecule has 1 N–H and O–H groups in total. The van der Waals surface area contributed by atoms with Crippen molar-refractivity contribution in [2.75, 3.05) is 32.8 Å². The van der Waals surface area contributed by atoms with Crippen LogP contribution < -0.4 is 5.32 Å². The van der Waals surface area contributed by atoms with Crippen LogP contribution in [0.3, 0.4) is 0 Å². The van der Waals surface area contributed by atoms with Gasteiger partial charge in [-0.15, -0.1) is 0 Å². The summed E-state index contributed by atoms with van der Waals surface area (Å²) in [5.74, 6) is 0.0952. The predicted octanol–water partition coefficient (Wildman–Crippen LogP) is 1.78. The van der Waals surface area contributed by atoms with E-state index in [4.69, 9.17) is 9.84 Å². The molecule has 1 aromatic heterocycles. The van der Waals surface area contributed by atoms with Crippen molar-refractivity contribution < 1.29 is 9.53 Å². The summed E-state index contributed by atoms with van der Waals surface area (Å²) < 4.78 is 7.59. The van der Waals surface area contributed by atoms with Crippen LogP contribution in [0.1, 0.15) is 24.1 Å². The first-order valence-corrected chi connectivity index (χ1v) is 9.91. The largest absolute Gasteiger partial charge is 0.376 e. The summed E-state index contributed by atoms with van der Waals surface area (Å²) in [5.41, 5.74) is 4.86. The van der Waals surface area contributed by atoms with Gasteiger partial charge in [-0.05, 0) is 19.3 Å². The van der Waals surface area contributed by atoms with Gasteiger partial charge in [0, 0.05) is 56.5 Å². The molecule has 27 heavy (non-hydrogen) atoms. The van der Waals surface area contributed by atoms with Crippen molar-refractivity contribution in [3.63, 3.8) is 0 Å². The zero-order valence-corrected chi connectivity index (χ0v) is 16.0. The summed E-state index contributed by atoms with van der Waals surface area (Å²) in [4.78, 5) is 14.6. The molecule has 2 aromatic rings. The third-order valence-corrected chi connectivity index (χ3v) is 5.58. The predicted molar refractivity (Wildman–Crippen MR) is 104 cm³/mol. The summed E-state index contributed by atoms with van der Waals surface area (Å²) in [6.45, 7) is 3.67. The molecule has 1 aromatic carbocycles. The maximum atomic E-state index is 12.3. The van der Waals surface area contributed by atoms with Crippen molar-refractivity contribution in [2.24, 2.45) is 7.05 Å². The molecular formula is C21H28N4O2. The molecule has 3 heterocycles. The van der Waals surface area contributed by atoms with Gasteiger partial charge in [0.2, 0.25) is 5.91 Å². The van der Waals surface area contributed by atoms with E-state index in [-0.39, 0.29) is 12.0 Å². The Bertz CT molecular complexity index is 781. The average Bonchev–Trinajstić information content (AvgIpc) is 3.25. The summed E-state index contributed by atoms with van der Waals surface area (Å²) in [5, 5.41) is 7.80. The summed E-state index contributed by atoms with van der Waals surface area (Å²) in [7, 11) is 2.02. The second kappa shape index (κ2) is 8.23. The molecule has 2 aliphatic heterocycles. The molecule has 0 aliphatic carbocycles. The van der Waals surface area contributed by atoms with Gasteiger partial charge < -0.3 is 10.1 Å². The summed E-state index contributed by atoms with van der Waals surface area (Å²) in [6, 6.07) is 10.4. The van der Waals surface area contributed by atoms with Crippen LogP contribution in [-0.4, -0.2) is 59.5 Å². The smallest absolute Gasteiger partial charge is 0.234 e. The quantitative estimate of drug-likeness (QED) is 0.874. The highest BCUT2D eigenvalue weighted by Gasteiger charge is 2.23. The van der Waals surface area contributed by atoms with Gasteiger partial charge in [-0.25, -0.2) is 0 Å². The lowest BCUT2D eigenvalue weighted by atomic mass is 10.0. The number of aromatic nitrogens is 2. The molecular weight excluding hydrogens is 340 g/mol. The number of hydrogen-bond acceptors (Lipinski definition) is 4. The molecule has 1 unspecified atom stereocenters. The van der Waals surface area contributed by atoms with E-state index < -0.39 is 0 Å². The fraction of sp³-hybridized carbons (Fsp3) is 0.524. The number of amides is 1. The number of carbonyl (C=O) groups is 1. The first-order valence-electron chi connectivity index (χ1n) is 9.91. The van der Waals surface area contributed by atoms with Crippen molar-refractivity contribution in [1.29, 1.82) is 0 Å². The first kappa shape index (κ1) is 18.2. The molecule has 6 nitrogen and oxygen atoms in total. The van der Waals surface area contributed by atoms with Crippen molar-refractivity contribution in [3.05, 3.63) is 41.6 Å². The van der Waals surface area contributed by atoms with E-state index in [0.29, 0.717) is 13.1 Å². The van der Waals surface area contributed by atoms with E-state index in [1.807, 2.05) is 17.8 Å². The number of ether oxygens (including phenoxy) is 1. The van der Waals surface area contributed by atoms with Gasteiger partial charge in [-0.2, -0.15) is 5.10 Å². The summed E-state index contributed by atoms with van der Waals surface area (Å²) in [6.07, 6.45) is 4.19. The van der Waals surface area contributed by atoms with Gasteiger partial charge in [-0.3, -0.25) is 14.4 Å². The van der Waals surface area contributed by atoms with E-state index >= 15 is 0 Å². The van der Waals surface area contributed by atoms with Crippen molar-refractivity contribution in [3.8, 4) is 11.3 Å². The van der Waals surface area contributed by atoms with Gasteiger partial charge in [0.1, 0.15) is 0 Å². The van der Waals surface area contributed by atoms with Crippen LogP contribution in [0.2, 0.25) is 0 Å². The van der Waals surface area contributed by atoms with E-state index in [1.54, 1.807) is 0 Å². The number of benzene rings is 1. The van der Waals surface area contributed by atoms with E-state index in [1.165, 1.54) is 11.3 Å². The molecule has 0 spiro atoms. The van der Waals surface area contributed by atoms with Crippen LogP contribution in [-0.2, 0) is 29.4 Å². The van der Waals surface area contributed by atoms with Crippen LogP contribution in [0, 0.1) is 0 Å². The van der Waals surface area contributed by atoms with Gasteiger partial charge in [-0.1, -0.05) is 30.3 Å². The Balaban J connectivity index is 1.37. The lowest BCUT2D eigenvalue weighted by Gasteiger charge is -2.20. The van der Waals surface area contributed by atoms with Crippen LogP contribution in [0.5, 0.6) is 0 Å². The Morgan fingerprint density at radius 1 is 1.26 bits per heavy atom. The molecule has 1 atom stereocenters. The monoisotopic (exact) mass is 368 g/mol. The zero-order chi connectivity index (χ0) is 18.6. The van der Waals surface area contributed by atoms with E-state index in [2.05, 4.69) is 34.5 Å². The molecule has 0 bridgehead atoms. The van der Waals surface area contributed by atoms with Gasteiger partial charge in [0.15, 0.2) is 0 Å². The third-order valence-electron chi connectivity index (χ3n) is 5.58. The number of carbonyl (C=O) groups excluding carboxylic acids is 1. The molecule has 1 saturated heterocycles. The van der Waals surface area contributed by atoms with Crippen molar-refractivity contribution in [1.82, 2.24) is 20.0 Å². The van der Waals surface area contributed by atoms with Gasteiger partial charge in [0.05, 0.1) is 18.3 Å². The summed E-state index contributed by atoms with van der Waals surface area (Å²) >= 11 is 0. The molecule has 0 saturated carbocycles. The number of aryl methyl sites for hydroxylation is 1. The number of rotatable bonds is 5. The van der Waals surface area contributed by atoms with E-state index in [9.17, 15) is 4.79 Å². The molecule has 2 aliphatic rings. The first-order chi connectivity index (χ1) is 13.2. The maximum absolute atomic E-state index is 12.3. The number of nitrogens with one attached hydrogen (secondary N) is 1. The maximum Gasteiger partial charge on any atom is 0.234 e. The Hall–Kier alpha value is -2.18.